The summed E-state index contributed by atoms with van der Waals surface area (Å²) < 4.78 is 2.14. The van der Waals surface area contributed by atoms with Gasteiger partial charge in [0.15, 0.2) is 0 Å². The first-order valence-electron chi connectivity index (χ1n) is 10.7. The van der Waals surface area contributed by atoms with Gasteiger partial charge in [0.2, 0.25) is 0 Å². The highest BCUT2D eigenvalue weighted by molar-refractivity contribution is 5.81. The maximum Gasteiger partial charge on any atom is 0.140 e. The van der Waals surface area contributed by atoms with Gasteiger partial charge in [-0.15, -0.1) is 0 Å². The molecule has 3 N–H and O–H groups in total. The second-order valence-corrected chi connectivity index (χ2v) is 6.33. The van der Waals surface area contributed by atoms with Gasteiger partial charge in [-0.2, -0.15) is 0 Å². The molecule has 1 aromatic heterocycles. The third-order valence-electron chi connectivity index (χ3n) is 4.41. The Morgan fingerprint density at radius 1 is 1.00 bits per heavy atom. The molecule has 3 rings (SSSR count). The Bertz CT molecular complexity index is 807. The van der Waals surface area contributed by atoms with E-state index < -0.39 is 0 Å². The molecule has 154 valence electrons. The molecule has 1 unspecified atom stereocenters. The molecule has 0 fully saturated rings. The average Bonchev–Trinajstić information content (AvgIpc) is 3.08. The molecule has 0 aliphatic heterocycles. The van der Waals surface area contributed by atoms with Gasteiger partial charge in [-0.1, -0.05) is 65.3 Å². The number of hydrogen-bond donors (Lipinski definition) is 2. The Balaban J connectivity index is 0.000000921. The van der Waals surface area contributed by atoms with Crippen molar-refractivity contribution in [3.05, 3.63) is 48.5 Å². The maximum atomic E-state index is 6.08. The van der Waals surface area contributed by atoms with Gasteiger partial charge in [0.1, 0.15) is 5.82 Å². The third kappa shape index (κ3) is 6.38. The number of nitrogens with two attached hydrogens (primary N) is 1. The van der Waals surface area contributed by atoms with Gasteiger partial charge in [0.05, 0.1) is 11.0 Å². The molecule has 0 amide bonds. The molecule has 0 spiro atoms. The van der Waals surface area contributed by atoms with Crippen LogP contribution in [0.15, 0.2) is 48.5 Å². The zero-order chi connectivity index (χ0) is 20.9. The minimum atomic E-state index is 0.283. The maximum absolute atomic E-state index is 6.08. The number of aromatic nitrogens is 2. The van der Waals surface area contributed by atoms with E-state index >= 15 is 0 Å². The summed E-state index contributed by atoms with van der Waals surface area (Å²) in [6, 6.07) is 16.9. The molecule has 0 radical (unpaired) electrons. The molecule has 2 aromatic carbocycles. The molecule has 0 aliphatic rings. The van der Waals surface area contributed by atoms with E-state index in [9.17, 15) is 0 Å². The fraction of sp³-hybridized carbons (Fsp3) is 0.458. The van der Waals surface area contributed by atoms with Crippen molar-refractivity contribution in [3.8, 4) is 11.4 Å². The summed E-state index contributed by atoms with van der Waals surface area (Å²) in [5.41, 5.74) is 10.5. The van der Waals surface area contributed by atoms with E-state index in [1.54, 1.807) is 0 Å². The number of anilines is 1. The number of hydrogen-bond acceptors (Lipinski definition) is 3. The highest BCUT2D eigenvalue weighted by atomic mass is 15.1. The summed E-state index contributed by atoms with van der Waals surface area (Å²) >= 11 is 0. The molecule has 1 atom stereocenters. The summed E-state index contributed by atoms with van der Waals surface area (Å²) in [5, 5.41) is 3.48. The molecule has 28 heavy (non-hydrogen) atoms. The smallest absolute Gasteiger partial charge is 0.140 e. The molecule has 0 saturated carbocycles. The van der Waals surface area contributed by atoms with E-state index in [0.717, 1.165) is 53.9 Å². The van der Waals surface area contributed by atoms with Crippen LogP contribution in [-0.2, 0) is 7.05 Å². The number of imidazole rings is 1. The lowest BCUT2D eigenvalue weighted by Gasteiger charge is -2.12. The zero-order valence-electron chi connectivity index (χ0n) is 18.5. The quantitative estimate of drug-likeness (QED) is 0.510. The molecule has 0 bridgehead atoms. The van der Waals surface area contributed by atoms with Crippen LogP contribution in [0.4, 0.5) is 5.69 Å². The minimum absolute atomic E-state index is 0.283. The summed E-state index contributed by atoms with van der Waals surface area (Å²) in [6.07, 6.45) is 3.22. The van der Waals surface area contributed by atoms with Gasteiger partial charge in [-0.05, 0) is 37.1 Å². The molecular weight excluding hydrogens is 344 g/mol. The van der Waals surface area contributed by atoms with Crippen LogP contribution in [0.1, 0.15) is 53.9 Å². The molecular formula is C24H38N4. The number of benzene rings is 2. The standard InChI is InChI=1S/C20H26N4.2C2H6/c1-3-7-16(21)12-13-22-17-9-6-8-15(14-17)20-23-18-10-4-5-11-19(18)24(20)2;2*1-2/h4-6,8-11,14,16,22H,3,7,12-13,21H2,1-2H3;2*1-2H3. The topological polar surface area (TPSA) is 55.9 Å². The monoisotopic (exact) mass is 382 g/mol. The van der Waals surface area contributed by atoms with E-state index in [1.165, 1.54) is 0 Å². The van der Waals surface area contributed by atoms with Gasteiger partial charge in [-0.3, -0.25) is 0 Å². The Morgan fingerprint density at radius 2 is 1.71 bits per heavy atom. The van der Waals surface area contributed by atoms with Crippen LogP contribution in [0.3, 0.4) is 0 Å². The predicted octanol–water partition coefficient (Wildman–Crippen LogP) is 6.22. The van der Waals surface area contributed by atoms with Crippen molar-refractivity contribution in [1.82, 2.24) is 9.55 Å². The molecule has 4 nitrogen and oxygen atoms in total. The first kappa shape index (κ1) is 23.7. The fourth-order valence-corrected chi connectivity index (χ4v) is 3.09. The Kier molecular flexibility index (Phi) is 11.0. The summed E-state index contributed by atoms with van der Waals surface area (Å²) in [6.45, 7) is 11.1. The van der Waals surface area contributed by atoms with E-state index in [2.05, 4.69) is 60.3 Å². The SMILES string of the molecule is CC.CC.CCCC(N)CCNc1cccc(-c2nc3ccccc3n2C)c1. The fourth-order valence-electron chi connectivity index (χ4n) is 3.09. The normalized spacial score (nSPS) is 11.1. The first-order chi connectivity index (χ1) is 13.7. The van der Waals surface area contributed by atoms with E-state index in [-0.39, 0.29) is 6.04 Å². The average molecular weight is 383 g/mol. The molecule has 3 aromatic rings. The first-order valence-corrected chi connectivity index (χ1v) is 10.7. The number of nitrogens with zero attached hydrogens (tertiary/aromatic N) is 2. The van der Waals surface area contributed by atoms with Crippen LogP contribution >= 0.6 is 0 Å². The predicted molar refractivity (Wildman–Crippen MR) is 125 cm³/mol. The Labute approximate surface area is 171 Å². The van der Waals surface area contributed by atoms with Crippen molar-refractivity contribution >= 4 is 16.7 Å². The van der Waals surface area contributed by atoms with Crippen LogP contribution in [0.5, 0.6) is 0 Å². The van der Waals surface area contributed by atoms with E-state index in [1.807, 2.05) is 39.8 Å². The lowest BCUT2D eigenvalue weighted by Crippen LogP contribution is -2.22. The number of fused-ring (bicyclic) bond motifs is 1. The zero-order valence-corrected chi connectivity index (χ0v) is 18.5. The van der Waals surface area contributed by atoms with Crippen LogP contribution in [0, 0.1) is 0 Å². The van der Waals surface area contributed by atoms with Gasteiger partial charge in [-0.25, -0.2) is 4.98 Å². The molecule has 0 aliphatic carbocycles. The van der Waals surface area contributed by atoms with Crippen molar-refractivity contribution in [1.29, 1.82) is 0 Å². The van der Waals surface area contributed by atoms with Crippen LogP contribution in [0.2, 0.25) is 0 Å². The molecule has 0 saturated heterocycles. The van der Waals surface area contributed by atoms with Crippen LogP contribution in [0.25, 0.3) is 22.4 Å². The minimum Gasteiger partial charge on any atom is -0.385 e. The van der Waals surface area contributed by atoms with E-state index in [4.69, 9.17) is 10.7 Å². The third-order valence-corrected chi connectivity index (χ3v) is 4.41. The Morgan fingerprint density at radius 3 is 2.39 bits per heavy atom. The van der Waals surface area contributed by atoms with Crippen molar-refractivity contribution in [2.75, 3.05) is 11.9 Å². The highest BCUT2D eigenvalue weighted by Gasteiger charge is 2.09. The highest BCUT2D eigenvalue weighted by Crippen LogP contribution is 2.25. The summed E-state index contributed by atoms with van der Waals surface area (Å²) in [5.74, 6) is 0.988. The second-order valence-electron chi connectivity index (χ2n) is 6.33. The number of para-hydroxylation sites is 2. The van der Waals surface area contributed by atoms with E-state index in [0.29, 0.717) is 0 Å². The second kappa shape index (κ2) is 12.9. The Hall–Kier alpha value is -2.33. The molecule has 4 heteroatoms. The van der Waals surface area contributed by atoms with Crippen molar-refractivity contribution < 1.29 is 0 Å². The molecule has 1 heterocycles. The number of aryl methyl sites for hydroxylation is 1. The largest absolute Gasteiger partial charge is 0.385 e. The van der Waals surface area contributed by atoms with Gasteiger partial charge in [0, 0.05) is 30.9 Å². The number of rotatable bonds is 7. The summed E-state index contributed by atoms with van der Waals surface area (Å²) in [7, 11) is 2.06. The lowest BCUT2D eigenvalue weighted by molar-refractivity contribution is 0.575. The van der Waals surface area contributed by atoms with Crippen molar-refractivity contribution in [2.24, 2.45) is 12.8 Å². The van der Waals surface area contributed by atoms with Crippen molar-refractivity contribution in [2.45, 2.75) is 59.9 Å². The lowest BCUT2D eigenvalue weighted by atomic mass is 10.1. The van der Waals surface area contributed by atoms with Crippen molar-refractivity contribution in [3.63, 3.8) is 0 Å². The van der Waals surface area contributed by atoms with Crippen LogP contribution in [-0.4, -0.2) is 22.1 Å². The van der Waals surface area contributed by atoms with Crippen LogP contribution < -0.4 is 11.1 Å². The van der Waals surface area contributed by atoms with Gasteiger partial charge < -0.3 is 15.6 Å². The number of nitrogens with one attached hydrogen (secondary N) is 1. The van der Waals surface area contributed by atoms with Gasteiger partial charge in [0.25, 0.3) is 0 Å². The summed E-state index contributed by atoms with van der Waals surface area (Å²) in [4.78, 5) is 4.77. The van der Waals surface area contributed by atoms with Gasteiger partial charge >= 0.3 is 0 Å².